The van der Waals surface area contributed by atoms with E-state index in [1.54, 1.807) is 6.92 Å². The average molecular weight is 282 g/mol. The lowest BCUT2D eigenvalue weighted by Crippen LogP contribution is -1.99. The van der Waals surface area contributed by atoms with E-state index in [4.69, 9.17) is 4.74 Å². The molecule has 0 unspecified atom stereocenters. The maximum Gasteiger partial charge on any atom is 0.129 e. The number of carbonyl (C=O) groups is 1. The molecule has 0 N–H and O–H groups in total. The predicted molar refractivity (Wildman–Crippen MR) is 86.6 cm³/mol. The smallest absolute Gasteiger partial charge is 0.129 e. The first kappa shape index (κ1) is 15.3. The molecular formula is C19H22O2. The topological polar surface area (TPSA) is 26.3 Å². The summed E-state index contributed by atoms with van der Waals surface area (Å²) in [5.41, 5.74) is 3.68. The predicted octanol–water partition coefficient (Wildman–Crippen LogP) is 4.80. The first-order valence-electron chi connectivity index (χ1n) is 7.44. The highest BCUT2D eigenvalue weighted by molar-refractivity contribution is 5.75. The van der Waals surface area contributed by atoms with E-state index in [-0.39, 0.29) is 5.78 Å². The van der Waals surface area contributed by atoms with Gasteiger partial charge in [0.2, 0.25) is 0 Å². The highest BCUT2D eigenvalue weighted by Crippen LogP contribution is 2.22. The second-order valence-corrected chi connectivity index (χ2v) is 5.40. The zero-order chi connectivity index (χ0) is 15.1. The monoisotopic (exact) mass is 282 g/mol. The Morgan fingerprint density at radius 3 is 2.05 bits per heavy atom. The van der Waals surface area contributed by atoms with Crippen LogP contribution in [-0.2, 0) is 4.79 Å². The zero-order valence-corrected chi connectivity index (χ0v) is 12.8. The van der Waals surface area contributed by atoms with Crippen molar-refractivity contribution in [1.82, 2.24) is 0 Å². The van der Waals surface area contributed by atoms with Crippen LogP contribution in [0.3, 0.4) is 0 Å². The lowest BCUT2D eigenvalue weighted by atomic mass is 10.0. The third-order valence-electron chi connectivity index (χ3n) is 3.43. The van der Waals surface area contributed by atoms with Crippen molar-refractivity contribution in [3.8, 4) is 16.9 Å². The lowest BCUT2D eigenvalue weighted by molar-refractivity contribution is -0.117. The van der Waals surface area contributed by atoms with E-state index in [2.05, 4.69) is 43.3 Å². The number of rotatable bonds is 7. The van der Waals surface area contributed by atoms with Crippen molar-refractivity contribution in [3.63, 3.8) is 0 Å². The molecule has 0 amide bonds. The Labute approximate surface area is 126 Å². The number of hydrogen-bond donors (Lipinski definition) is 0. The van der Waals surface area contributed by atoms with E-state index in [0.29, 0.717) is 13.0 Å². The molecule has 0 atom stereocenters. The quantitative estimate of drug-likeness (QED) is 0.682. The van der Waals surface area contributed by atoms with E-state index >= 15 is 0 Å². The van der Waals surface area contributed by atoms with Crippen molar-refractivity contribution in [3.05, 3.63) is 54.1 Å². The van der Waals surface area contributed by atoms with Gasteiger partial charge in [0.1, 0.15) is 11.5 Å². The molecule has 21 heavy (non-hydrogen) atoms. The Kier molecular flexibility index (Phi) is 5.56. The van der Waals surface area contributed by atoms with Crippen LogP contribution >= 0.6 is 0 Å². The van der Waals surface area contributed by atoms with Crippen molar-refractivity contribution >= 4 is 5.78 Å². The lowest BCUT2D eigenvalue weighted by Gasteiger charge is -2.07. The Balaban J connectivity index is 1.84. The maximum atomic E-state index is 10.8. The van der Waals surface area contributed by atoms with Crippen LogP contribution in [0.4, 0.5) is 0 Å². The first-order valence-corrected chi connectivity index (χ1v) is 7.44. The molecule has 0 bridgehead atoms. The molecule has 110 valence electrons. The molecule has 0 aromatic heterocycles. The number of ether oxygens (including phenoxy) is 1. The van der Waals surface area contributed by atoms with Crippen LogP contribution in [0.25, 0.3) is 11.1 Å². The molecule has 0 saturated carbocycles. The SMILES string of the molecule is CC(=O)CCCCOc1ccc(-c2ccc(C)cc2)cc1. The minimum absolute atomic E-state index is 0.248. The van der Waals surface area contributed by atoms with Gasteiger partial charge in [-0.2, -0.15) is 0 Å². The maximum absolute atomic E-state index is 10.8. The van der Waals surface area contributed by atoms with Crippen LogP contribution in [0.2, 0.25) is 0 Å². The number of benzene rings is 2. The molecule has 0 spiro atoms. The largest absolute Gasteiger partial charge is 0.494 e. The van der Waals surface area contributed by atoms with E-state index < -0.39 is 0 Å². The Morgan fingerprint density at radius 1 is 0.905 bits per heavy atom. The van der Waals surface area contributed by atoms with Crippen LogP contribution in [0.1, 0.15) is 31.7 Å². The van der Waals surface area contributed by atoms with Gasteiger partial charge in [0.05, 0.1) is 6.61 Å². The minimum Gasteiger partial charge on any atom is -0.494 e. The van der Waals surface area contributed by atoms with Crippen molar-refractivity contribution in [2.24, 2.45) is 0 Å². The second kappa shape index (κ2) is 7.63. The van der Waals surface area contributed by atoms with Gasteiger partial charge in [0.15, 0.2) is 0 Å². The van der Waals surface area contributed by atoms with Crippen LogP contribution < -0.4 is 4.74 Å². The summed E-state index contributed by atoms with van der Waals surface area (Å²) in [5.74, 6) is 1.13. The fourth-order valence-corrected chi connectivity index (χ4v) is 2.16. The zero-order valence-electron chi connectivity index (χ0n) is 12.8. The molecule has 0 aliphatic heterocycles. The minimum atomic E-state index is 0.248. The van der Waals surface area contributed by atoms with Crippen molar-refractivity contribution in [2.45, 2.75) is 33.1 Å². The number of carbonyl (C=O) groups excluding carboxylic acids is 1. The molecule has 0 aliphatic rings. The van der Waals surface area contributed by atoms with Gasteiger partial charge >= 0.3 is 0 Å². The molecule has 0 radical (unpaired) electrons. The first-order chi connectivity index (χ1) is 10.1. The van der Waals surface area contributed by atoms with Gasteiger partial charge in [-0.05, 0) is 49.9 Å². The summed E-state index contributed by atoms with van der Waals surface area (Å²) in [4.78, 5) is 10.8. The standard InChI is InChI=1S/C19H22O2/c1-15-6-8-17(9-7-15)18-10-12-19(13-11-18)21-14-4-3-5-16(2)20/h6-13H,3-5,14H2,1-2H3. The summed E-state index contributed by atoms with van der Waals surface area (Å²) in [7, 11) is 0. The van der Waals surface area contributed by atoms with E-state index in [1.165, 1.54) is 16.7 Å². The third kappa shape index (κ3) is 5.07. The third-order valence-corrected chi connectivity index (χ3v) is 3.43. The Bertz CT molecular complexity index is 568. The van der Waals surface area contributed by atoms with Gasteiger partial charge < -0.3 is 9.53 Å². The summed E-state index contributed by atoms with van der Waals surface area (Å²) in [6, 6.07) is 16.7. The molecule has 2 rings (SSSR count). The molecule has 2 heteroatoms. The summed E-state index contributed by atoms with van der Waals surface area (Å²) in [6.07, 6.45) is 2.46. The molecule has 0 heterocycles. The number of ketones is 1. The van der Waals surface area contributed by atoms with Crippen LogP contribution in [0, 0.1) is 6.92 Å². The molecule has 0 fully saturated rings. The average Bonchev–Trinajstić information content (AvgIpc) is 2.48. The summed E-state index contributed by atoms with van der Waals surface area (Å²) in [5, 5.41) is 0. The number of unbranched alkanes of at least 4 members (excludes halogenated alkanes) is 1. The fraction of sp³-hybridized carbons (Fsp3) is 0.316. The van der Waals surface area contributed by atoms with Crippen molar-refractivity contribution in [1.29, 1.82) is 0 Å². The highest BCUT2D eigenvalue weighted by Gasteiger charge is 1.99. The molecule has 0 saturated heterocycles. The van der Waals surface area contributed by atoms with Crippen LogP contribution in [0.5, 0.6) is 5.75 Å². The van der Waals surface area contributed by atoms with E-state index in [9.17, 15) is 4.79 Å². The van der Waals surface area contributed by atoms with Gasteiger partial charge in [-0.25, -0.2) is 0 Å². The summed E-state index contributed by atoms with van der Waals surface area (Å²) in [6.45, 7) is 4.38. The van der Waals surface area contributed by atoms with Gasteiger partial charge in [-0.3, -0.25) is 0 Å². The number of hydrogen-bond acceptors (Lipinski definition) is 2. The van der Waals surface area contributed by atoms with Gasteiger partial charge in [-0.15, -0.1) is 0 Å². The van der Waals surface area contributed by atoms with E-state index in [0.717, 1.165) is 18.6 Å². The van der Waals surface area contributed by atoms with Gasteiger partial charge in [0.25, 0.3) is 0 Å². The van der Waals surface area contributed by atoms with Gasteiger partial charge in [0, 0.05) is 6.42 Å². The van der Waals surface area contributed by atoms with Crippen molar-refractivity contribution in [2.75, 3.05) is 6.61 Å². The molecule has 2 aromatic carbocycles. The molecule has 2 nitrogen and oxygen atoms in total. The second-order valence-electron chi connectivity index (χ2n) is 5.40. The van der Waals surface area contributed by atoms with Crippen LogP contribution in [-0.4, -0.2) is 12.4 Å². The van der Waals surface area contributed by atoms with Gasteiger partial charge in [-0.1, -0.05) is 42.0 Å². The summed E-state index contributed by atoms with van der Waals surface area (Å²) < 4.78 is 5.69. The normalized spacial score (nSPS) is 10.4. The highest BCUT2D eigenvalue weighted by atomic mass is 16.5. The Hall–Kier alpha value is -2.09. The summed E-state index contributed by atoms with van der Waals surface area (Å²) >= 11 is 0. The number of aryl methyl sites for hydroxylation is 1. The van der Waals surface area contributed by atoms with Crippen molar-refractivity contribution < 1.29 is 9.53 Å². The van der Waals surface area contributed by atoms with Crippen LogP contribution in [0.15, 0.2) is 48.5 Å². The molecule has 2 aromatic rings. The van der Waals surface area contributed by atoms with E-state index in [1.807, 2.05) is 12.1 Å². The molecule has 0 aliphatic carbocycles. The Morgan fingerprint density at radius 2 is 1.48 bits per heavy atom. The fourth-order valence-electron chi connectivity index (χ4n) is 2.16. The number of Topliss-reactive ketones (excluding diaryl/α,β-unsaturated/α-hetero) is 1. The molecular weight excluding hydrogens is 260 g/mol.